The van der Waals surface area contributed by atoms with Crippen molar-refractivity contribution in [2.24, 2.45) is 4.99 Å². The summed E-state index contributed by atoms with van der Waals surface area (Å²) in [5.41, 5.74) is 2.85. The Bertz CT molecular complexity index is 2650. The third-order valence-corrected chi connectivity index (χ3v) is 8.86. The highest BCUT2D eigenvalue weighted by atomic mass is 16.5. The van der Waals surface area contributed by atoms with Crippen LogP contribution in [0.25, 0.3) is 50.3 Å². The van der Waals surface area contributed by atoms with Gasteiger partial charge in [0.2, 0.25) is 5.95 Å². The molecule has 14 heteroatoms. The SMILES string of the molecule is CCn1c(=O)c(-c2cc(OC)cc(OC)c2)cc2cnc(N=c3ccn(-c4ncc5cc(-c6cc(OC)cc(OC)c6)c(=O)n(CC)c5n4)cc3)nc21. The number of ether oxygens (including phenoxy) is 4. The number of pyridine rings is 3. The minimum atomic E-state index is -0.207. The normalized spacial score (nSPS) is 11.1. The molecule has 7 rings (SSSR count). The molecule has 0 saturated heterocycles. The maximum absolute atomic E-state index is 13.7. The van der Waals surface area contributed by atoms with Gasteiger partial charge in [0, 0.05) is 71.9 Å². The molecule has 2 aromatic carbocycles. The molecule has 0 radical (unpaired) electrons. The summed E-state index contributed by atoms with van der Waals surface area (Å²) in [6.45, 7) is 4.57. The number of fused-ring (bicyclic) bond motifs is 2. The molecule has 0 N–H and O–H groups in total. The van der Waals surface area contributed by atoms with Crippen molar-refractivity contribution in [3.05, 3.63) is 112 Å². The van der Waals surface area contributed by atoms with Crippen LogP contribution in [0.15, 0.2) is 100 Å². The van der Waals surface area contributed by atoms with E-state index in [1.54, 1.807) is 128 Å². The molecule has 7 aromatic rings. The lowest BCUT2D eigenvalue weighted by atomic mass is 10.1. The van der Waals surface area contributed by atoms with Crippen molar-refractivity contribution in [1.29, 1.82) is 0 Å². The molecule has 14 nitrogen and oxygen atoms in total. The molecule has 0 fully saturated rings. The maximum Gasteiger partial charge on any atom is 0.260 e. The molecule has 0 atom stereocenters. The van der Waals surface area contributed by atoms with Crippen LogP contribution in [0.2, 0.25) is 0 Å². The van der Waals surface area contributed by atoms with Crippen LogP contribution in [0.1, 0.15) is 13.8 Å². The van der Waals surface area contributed by atoms with Crippen LogP contribution < -0.4 is 35.4 Å². The smallest absolute Gasteiger partial charge is 0.260 e. The molecule has 5 heterocycles. The van der Waals surface area contributed by atoms with Gasteiger partial charge in [-0.15, -0.1) is 0 Å². The van der Waals surface area contributed by atoms with E-state index in [4.69, 9.17) is 23.9 Å². The molecular weight excluding hydrogens is 676 g/mol. The molecule has 0 aliphatic rings. The predicted octanol–water partition coefficient (Wildman–Crippen LogP) is 5.33. The van der Waals surface area contributed by atoms with E-state index >= 15 is 0 Å². The lowest BCUT2D eigenvalue weighted by molar-refractivity contribution is 0.394. The Morgan fingerprint density at radius 1 is 0.604 bits per heavy atom. The van der Waals surface area contributed by atoms with Gasteiger partial charge in [0.15, 0.2) is 0 Å². The second-order valence-electron chi connectivity index (χ2n) is 11.9. The second-order valence-corrected chi connectivity index (χ2v) is 11.9. The highest BCUT2D eigenvalue weighted by Gasteiger charge is 2.16. The Hall–Kier alpha value is -6.83. The van der Waals surface area contributed by atoms with Crippen molar-refractivity contribution in [3.8, 4) is 51.2 Å². The van der Waals surface area contributed by atoms with Crippen LogP contribution in [0.4, 0.5) is 5.95 Å². The third-order valence-electron chi connectivity index (χ3n) is 8.86. The third kappa shape index (κ3) is 6.57. The number of aryl methyl sites for hydroxylation is 2. The number of aromatic nitrogens is 7. The van der Waals surface area contributed by atoms with Gasteiger partial charge < -0.3 is 18.9 Å². The van der Waals surface area contributed by atoms with Crippen LogP contribution in [0.3, 0.4) is 0 Å². The zero-order valence-corrected chi connectivity index (χ0v) is 30.0. The first kappa shape index (κ1) is 34.6. The first-order valence-electron chi connectivity index (χ1n) is 16.8. The van der Waals surface area contributed by atoms with Crippen LogP contribution >= 0.6 is 0 Å². The lowest BCUT2D eigenvalue weighted by Gasteiger charge is -2.13. The highest BCUT2D eigenvalue weighted by Crippen LogP contribution is 2.31. The van der Waals surface area contributed by atoms with Gasteiger partial charge >= 0.3 is 0 Å². The lowest BCUT2D eigenvalue weighted by Crippen LogP contribution is -2.22. The monoisotopic (exact) mass is 712 g/mol. The van der Waals surface area contributed by atoms with E-state index in [9.17, 15) is 9.59 Å². The highest BCUT2D eigenvalue weighted by molar-refractivity contribution is 5.83. The van der Waals surface area contributed by atoms with Crippen molar-refractivity contribution in [3.63, 3.8) is 0 Å². The molecule has 5 aromatic heterocycles. The topological polar surface area (TPSA) is 150 Å². The van der Waals surface area contributed by atoms with Crippen molar-refractivity contribution in [1.82, 2.24) is 33.6 Å². The Morgan fingerprint density at radius 2 is 1.06 bits per heavy atom. The number of nitrogens with zero attached hydrogens (tertiary/aromatic N) is 8. The number of benzene rings is 2. The molecule has 0 amide bonds. The summed E-state index contributed by atoms with van der Waals surface area (Å²) in [4.78, 5) is 50.5. The van der Waals surface area contributed by atoms with E-state index in [1.807, 2.05) is 13.8 Å². The molecule has 0 bridgehead atoms. The fourth-order valence-electron chi connectivity index (χ4n) is 6.15. The van der Waals surface area contributed by atoms with E-state index in [1.165, 1.54) is 0 Å². The minimum absolute atomic E-state index is 0.195. The number of hydrogen-bond donors (Lipinski definition) is 0. The quantitative estimate of drug-likeness (QED) is 0.182. The Balaban J connectivity index is 1.22. The Kier molecular flexibility index (Phi) is 9.42. The fraction of sp³-hybridized carbons (Fsp3) is 0.205. The van der Waals surface area contributed by atoms with Gasteiger partial charge in [0.1, 0.15) is 34.3 Å². The summed E-state index contributed by atoms with van der Waals surface area (Å²) < 4.78 is 26.6. The zero-order chi connectivity index (χ0) is 37.2. The van der Waals surface area contributed by atoms with Crippen LogP contribution in [0, 0.1) is 0 Å². The van der Waals surface area contributed by atoms with Crippen LogP contribution in [-0.2, 0) is 13.1 Å². The van der Waals surface area contributed by atoms with Gasteiger partial charge in [-0.3, -0.25) is 23.3 Å². The largest absolute Gasteiger partial charge is 0.497 e. The van der Waals surface area contributed by atoms with Gasteiger partial charge in [0.25, 0.3) is 17.1 Å². The maximum atomic E-state index is 13.7. The van der Waals surface area contributed by atoms with Gasteiger partial charge in [-0.1, -0.05) is 0 Å². The second kappa shape index (κ2) is 14.4. The molecular formula is C39H36N8O6. The van der Waals surface area contributed by atoms with E-state index in [0.717, 1.165) is 0 Å². The summed E-state index contributed by atoms with van der Waals surface area (Å²) >= 11 is 0. The average Bonchev–Trinajstić information content (AvgIpc) is 3.20. The van der Waals surface area contributed by atoms with Crippen molar-refractivity contribution in [2.75, 3.05) is 28.4 Å². The summed E-state index contributed by atoms with van der Waals surface area (Å²) in [7, 11) is 6.26. The van der Waals surface area contributed by atoms with E-state index in [-0.39, 0.29) is 17.1 Å². The molecule has 53 heavy (non-hydrogen) atoms. The fourth-order valence-corrected chi connectivity index (χ4v) is 6.15. The van der Waals surface area contributed by atoms with Gasteiger partial charge in [-0.2, -0.15) is 9.97 Å². The molecule has 0 saturated carbocycles. The summed E-state index contributed by atoms with van der Waals surface area (Å²) in [6, 6.07) is 17.8. The minimum Gasteiger partial charge on any atom is -0.497 e. The standard InChI is InChI=1S/C39H36N8O6/c1-7-46-34-25(17-32(36(46)48)23-13-28(50-3)19-29(14-23)51-4)21-40-38(43-34)42-27-9-11-45(12-10-27)39-41-22-26-18-33(37(49)47(8-2)35(26)44-39)24-15-30(52-5)20-31(16-24)53-6/h9-22H,7-8H2,1-6H3. The first-order chi connectivity index (χ1) is 25.8. The number of hydrogen-bond acceptors (Lipinski definition) is 11. The summed E-state index contributed by atoms with van der Waals surface area (Å²) in [5, 5.41) is 1.96. The Morgan fingerprint density at radius 3 is 1.51 bits per heavy atom. The molecule has 0 aliphatic heterocycles. The number of methoxy groups -OCH3 is 4. The Labute approximate surface area is 303 Å². The van der Waals surface area contributed by atoms with Crippen LogP contribution in [-0.4, -0.2) is 62.1 Å². The van der Waals surface area contributed by atoms with Gasteiger partial charge in [-0.05, 0) is 73.5 Å². The molecule has 0 spiro atoms. The van der Waals surface area contributed by atoms with E-state index in [0.29, 0.717) is 91.7 Å². The zero-order valence-electron chi connectivity index (χ0n) is 30.0. The number of rotatable bonds is 10. The molecule has 0 unspecified atom stereocenters. The summed E-state index contributed by atoms with van der Waals surface area (Å²) in [6.07, 6.45) is 6.89. The molecule has 268 valence electrons. The average molecular weight is 713 g/mol. The summed E-state index contributed by atoms with van der Waals surface area (Å²) in [5.74, 6) is 2.88. The predicted molar refractivity (Wildman–Crippen MR) is 201 cm³/mol. The van der Waals surface area contributed by atoms with E-state index in [2.05, 4.69) is 19.9 Å². The van der Waals surface area contributed by atoms with Crippen molar-refractivity contribution >= 4 is 28.0 Å². The van der Waals surface area contributed by atoms with Crippen LogP contribution in [0.5, 0.6) is 23.0 Å². The first-order valence-corrected chi connectivity index (χ1v) is 16.8. The van der Waals surface area contributed by atoms with Crippen molar-refractivity contribution in [2.45, 2.75) is 26.9 Å². The molecule has 0 aliphatic carbocycles. The van der Waals surface area contributed by atoms with Gasteiger partial charge in [0.05, 0.1) is 33.8 Å². The van der Waals surface area contributed by atoms with Gasteiger partial charge in [-0.25, -0.2) is 15.0 Å². The van der Waals surface area contributed by atoms with Crippen molar-refractivity contribution < 1.29 is 18.9 Å². The van der Waals surface area contributed by atoms with E-state index < -0.39 is 0 Å².